The maximum absolute atomic E-state index is 13.5. The zero-order chi connectivity index (χ0) is 14.0. The summed E-state index contributed by atoms with van der Waals surface area (Å²) in [6.07, 6.45) is -0.278. The van der Waals surface area contributed by atoms with E-state index in [1.807, 2.05) is 56.0 Å². The van der Waals surface area contributed by atoms with Crippen LogP contribution in [-0.4, -0.2) is 29.9 Å². The first-order valence-electron chi connectivity index (χ1n) is 6.87. The highest BCUT2D eigenvalue weighted by molar-refractivity contribution is 5.89. The monoisotopic (exact) mass is 263 g/mol. The second kappa shape index (κ2) is 5.41. The summed E-state index contributed by atoms with van der Waals surface area (Å²) in [7, 11) is 0. The summed E-state index contributed by atoms with van der Waals surface area (Å²) in [6, 6.07) is 9.40. The topological polar surface area (TPSA) is 20.3 Å². The first-order valence-corrected chi connectivity index (χ1v) is 6.87. The van der Waals surface area contributed by atoms with Crippen LogP contribution in [0.15, 0.2) is 30.3 Å². The Hall–Kier alpha value is -1.22. The number of likely N-dealkylation sites (tertiary alicyclic amines) is 1. The Morgan fingerprint density at radius 2 is 1.95 bits per heavy atom. The molecule has 1 aliphatic heterocycles. The number of Topliss-reactive ketones (excluding diaryl/α,β-unsaturated/α-hetero) is 1. The van der Waals surface area contributed by atoms with E-state index >= 15 is 0 Å². The minimum atomic E-state index is -0.806. The first-order chi connectivity index (χ1) is 8.89. The van der Waals surface area contributed by atoms with Crippen LogP contribution in [0.1, 0.15) is 38.8 Å². The van der Waals surface area contributed by atoms with Crippen LogP contribution >= 0.6 is 0 Å². The molecule has 104 valence electrons. The van der Waals surface area contributed by atoms with Crippen LogP contribution in [0.5, 0.6) is 0 Å². The number of halogens is 1. The first kappa shape index (κ1) is 14.2. The van der Waals surface area contributed by atoms with E-state index in [-0.39, 0.29) is 11.8 Å². The third kappa shape index (κ3) is 3.21. The van der Waals surface area contributed by atoms with Crippen LogP contribution in [0.2, 0.25) is 0 Å². The summed E-state index contributed by atoms with van der Waals surface area (Å²) >= 11 is 0. The lowest BCUT2D eigenvalue weighted by atomic mass is 9.83. The number of nitrogens with zero attached hydrogens (tertiary/aromatic N) is 1. The Morgan fingerprint density at radius 3 is 2.42 bits per heavy atom. The fraction of sp³-hybridized carbons (Fsp3) is 0.562. The smallest absolute Gasteiger partial charge is 0.159 e. The molecule has 0 aromatic heterocycles. The van der Waals surface area contributed by atoms with Crippen molar-refractivity contribution in [3.05, 3.63) is 35.9 Å². The van der Waals surface area contributed by atoms with E-state index in [1.54, 1.807) is 0 Å². The maximum atomic E-state index is 13.5. The predicted molar refractivity (Wildman–Crippen MR) is 74.7 cm³/mol. The standard InChI is InChI=1S/C16H22FNO/c1-16(2,3)15(19)14(12-7-5-4-6-8-12)18-10-9-13(17)11-18/h4-8,13-14H,9-11H2,1-3H3/t13-,14-/m0/s1. The Morgan fingerprint density at radius 1 is 1.32 bits per heavy atom. The summed E-state index contributed by atoms with van der Waals surface area (Å²) in [4.78, 5) is 14.7. The van der Waals surface area contributed by atoms with Crippen molar-refractivity contribution >= 4 is 5.78 Å². The van der Waals surface area contributed by atoms with Gasteiger partial charge in [0.1, 0.15) is 6.17 Å². The molecule has 2 rings (SSSR count). The van der Waals surface area contributed by atoms with E-state index in [4.69, 9.17) is 0 Å². The maximum Gasteiger partial charge on any atom is 0.159 e. The van der Waals surface area contributed by atoms with Crippen LogP contribution in [0.4, 0.5) is 4.39 Å². The molecule has 0 amide bonds. The molecule has 3 heteroatoms. The van der Waals surface area contributed by atoms with E-state index in [2.05, 4.69) is 0 Å². The van der Waals surface area contributed by atoms with E-state index in [9.17, 15) is 9.18 Å². The van der Waals surface area contributed by atoms with Gasteiger partial charge in [-0.15, -0.1) is 0 Å². The SMILES string of the molecule is CC(C)(C)C(=O)[C@H](c1ccccc1)N1CC[C@H](F)C1. The van der Waals surface area contributed by atoms with Crippen molar-refractivity contribution < 1.29 is 9.18 Å². The lowest BCUT2D eigenvalue weighted by Crippen LogP contribution is -2.38. The van der Waals surface area contributed by atoms with Crippen molar-refractivity contribution in [2.24, 2.45) is 5.41 Å². The molecule has 2 atom stereocenters. The Bertz CT molecular complexity index is 438. The molecule has 19 heavy (non-hydrogen) atoms. The van der Waals surface area contributed by atoms with Crippen molar-refractivity contribution in [3.63, 3.8) is 0 Å². The molecule has 1 fully saturated rings. The molecule has 0 bridgehead atoms. The van der Waals surface area contributed by atoms with Gasteiger partial charge in [-0.05, 0) is 12.0 Å². The summed E-state index contributed by atoms with van der Waals surface area (Å²) < 4.78 is 13.5. The molecule has 0 unspecified atom stereocenters. The summed E-state index contributed by atoms with van der Waals surface area (Å²) in [5.74, 6) is 0.160. The summed E-state index contributed by atoms with van der Waals surface area (Å²) in [5, 5.41) is 0. The number of hydrogen-bond acceptors (Lipinski definition) is 2. The lowest BCUT2D eigenvalue weighted by molar-refractivity contribution is -0.131. The fourth-order valence-corrected chi connectivity index (χ4v) is 2.55. The van der Waals surface area contributed by atoms with Gasteiger partial charge in [-0.3, -0.25) is 9.69 Å². The van der Waals surface area contributed by atoms with Crippen molar-refractivity contribution in [2.45, 2.75) is 39.4 Å². The van der Waals surface area contributed by atoms with E-state index < -0.39 is 11.6 Å². The highest BCUT2D eigenvalue weighted by Crippen LogP contribution is 2.33. The highest BCUT2D eigenvalue weighted by atomic mass is 19.1. The van der Waals surface area contributed by atoms with Gasteiger partial charge in [-0.2, -0.15) is 0 Å². The van der Waals surface area contributed by atoms with Crippen molar-refractivity contribution in [3.8, 4) is 0 Å². The number of carbonyl (C=O) groups is 1. The molecule has 0 radical (unpaired) electrons. The Balaban J connectivity index is 2.31. The van der Waals surface area contributed by atoms with Gasteiger partial charge in [-0.25, -0.2) is 4.39 Å². The van der Waals surface area contributed by atoms with Crippen LogP contribution in [0.3, 0.4) is 0 Å². The third-order valence-corrected chi connectivity index (χ3v) is 3.63. The minimum Gasteiger partial charge on any atom is -0.297 e. The second-order valence-corrected chi connectivity index (χ2v) is 6.31. The van der Waals surface area contributed by atoms with Gasteiger partial charge in [0.05, 0.1) is 6.04 Å². The van der Waals surface area contributed by atoms with Gasteiger partial charge in [0.25, 0.3) is 0 Å². The van der Waals surface area contributed by atoms with Crippen LogP contribution < -0.4 is 0 Å². The second-order valence-electron chi connectivity index (χ2n) is 6.31. The lowest BCUT2D eigenvalue weighted by Gasteiger charge is -2.31. The van der Waals surface area contributed by atoms with Crippen LogP contribution in [0, 0.1) is 5.41 Å². The number of ketones is 1. The molecule has 2 nitrogen and oxygen atoms in total. The third-order valence-electron chi connectivity index (χ3n) is 3.63. The average Bonchev–Trinajstić information content (AvgIpc) is 2.76. The molecule has 0 saturated carbocycles. The number of hydrogen-bond donors (Lipinski definition) is 0. The van der Waals surface area contributed by atoms with E-state index in [0.29, 0.717) is 19.5 Å². The van der Waals surface area contributed by atoms with E-state index in [1.165, 1.54) is 0 Å². The fourth-order valence-electron chi connectivity index (χ4n) is 2.55. The van der Waals surface area contributed by atoms with Crippen molar-refractivity contribution in [1.29, 1.82) is 0 Å². The average molecular weight is 263 g/mol. The van der Waals surface area contributed by atoms with E-state index in [0.717, 1.165) is 5.56 Å². The molecule has 0 aliphatic carbocycles. The van der Waals surface area contributed by atoms with Crippen molar-refractivity contribution in [2.75, 3.05) is 13.1 Å². The molecule has 0 spiro atoms. The zero-order valence-electron chi connectivity index (χ0n) is 11.9. The molecule has 1 aliphatic rings. The minimum absolute atomic E-state index is 0.160. The number of rotatable bonds is 3. The van der Waals surface area contributed by atoms with Gasteiger partial charge in [0.2, 0.25) is 0 Å². The largest absolute Gasteiger partial charge is 0.297 e. The number of benzene rings is 1. The zero-order valence-corrected chi connectivity index (χ0v) is 11.9. The quantitative estimate of drug-likeness (QED) is 0.833. The Labute approximate surface area is 114 Å². The summed E-state index contributed by atoms with van der Waals surface area (Å²) in [6.45, 7) is 6.79. The number of alkyl halides is 1. The normalized spacial score (nSPS) is 22.4. The summed E-state index contributed by atoms with van der Waals surface area (Å²) in [5.41, 5.74) is 0.547. The predicted octanol–water partition coefficient (Wildman–Crippen LogP) is 3.39. The molecule has 1 heterocycles. The molecular weight excluding hydrogens is 241 g/mol. The molecule has 1 aromatic rings. The highest BCUT2D eigenvalue weighted by Gasteiger charge is 2.38. The molecule has 0 N–H and O–H groups in total. The Kier molecular flexibility index (Phi) is 4.04. The molecule has 1 saturated heterocycles. The van der Waals surface area contributed by atoms with Gasteiger partial charge >= 0.3 is 0 Å². The number of carbonyl (C=O) groups excluding carboxylic acids is 1. The molecule has 1 aromatic carbocycles. The molecular formula is C16H22FNO. The van der Waals surface area contributed by atoms with Crippen LogP contribution in [0.25, 0.3) is 0 Å². The van der Waals surface area contributed by atoms with Gasteiger partial charge in [0.15, 0.2) is 5.78 Å². The van der Waals surface area contributed by atoms with Gasteiger partial charge in [-0.1, -0.05) is 51.1 Å². The van der Waals surface area contributed by atoms with Gasteiger partial charge in [0, 0.05) is 18.5 Å². The van der Waals surface area contributed by atoms with Gasteiger partial charge < -0.3 is 0 Å². The van der Waals surface area contributed by atoms with Crippen molar-refractivity contribution in [1.82, 2.24) is 4.90 Å². The van der Waals surface area contributed by atoms with Crippen LogP contribution in [-0.2, 0) is 4.79 Å².